The molecule has 1 aliphatic rings. The van der Waals surface area contributed by atoms with Crippen molar-refractivity contribution >= 4 is 46.3 Å². The minimum Gasteiger partial charge on any atom is -0.395 e. The van der Waals surface area contributed by atoms with Crippen molar-refractivity contribution in [3.63, 3.8) is 0 Å². The summed E-state index contributed by atoms with van der Waals surface area (Å²) in [6.45, 7) is 4.77. The topological polar surface area (TPSA) is 144 Å². The van der Waals surface area contributed by atoms with E-state index in [1.54, 1.807) is 0 Å². The zero-order valence-corrected chi connectivity index (χ0v) is 23.4. The van der Waals surface area contributed by atoms with Crippen LogP contribution in [0.25, 0.3) is 0 Å². The Morgan fingerprint density at radius 2 is 1.87 bits per heavy atom. The number of primary amides is 1. The SMILES string of the molecule is Cc1ccc(C)c(N(C(=O)c2snc(C(N)=O)c2N)C(C(=O)NCC2CCCO2)c2ccc(N(C)C)cc2)c1. The molecule has 1 fully saturated rings. The molecule has 39 heavy (non-hydrogen) atoms. The van der Waals surface area contributed by atoms with E-state index in [0.717, 1.165) is 41.2 Å². The molecular formula is C28H34N6O4S. The van der Waals surface area contributed by atoms with Crippen LogP contribution in [0.4, 0.5) is 17.1 Å². The minimum absolute atomic E-state index is 0.0338. The molecule has 0 aliphatic carbocycles. The number of rotatable bonds is 9. The normalized spacial score (nSPS) is 15.5. The maximum atomic E-state index is 14.3. The fourth-order valence-electron chi connectivity index (χ4n) is 4.57. The van der Waals surface area contributed by atoms with Gasteiger partial charge in [0.25, 0.3) is 11.8 Å². The van der Waals surface area contributed by atoms with E-state index in [9.17, 15) is 14.4 Å². The average molecular weight is 551 g/mol. The predicted octanol–water partition coefficient (Wildman–Crippen LogP) is 3.19. The molecule has 0 radical (unpaired) electrons. The van der Waals surface area contributed by atoms with E-state index in [-0.39, 0.29) is 28.3 Å². The van der Waals surface area contributed by atoms with Crippen molar-refractivity contribution in [1.29, 1.82) is 0 Å². The molecule has 1 aliphatic heterocycles. The van der Waals surface area contributed by atoms with Crippen LogP contribution in [0, 0.1) is 13.8 Å². The number of ether oxygens (including phenoxy) is 1. The first-order chi connectivity index (χ1) is 18.6. The molecule has 2 heterocycles. The van der Waals surface area contributed by atoms with E-state index in [4.69, 9.17) is 16.2 Å². The maximum Gasteiger partial charge on any atom is 0.273 e. The van der Waals surface area contributed by atoms with Gasteiger partial charge in [-0.25, -0.2) is 0 Å². The molecule has 4 rings (SSSR count). The van der Waals surface area contributed by atoms with Gasteiger partial charge < -0.3 is 26.4 Å². The molecule has 3 amide bonds. The van der Waals surface area contributed by atoms with E-state index in [1.807, 2.05) is 75.3 Å². The fraction of sp³-hybridized carbons (Fsp3) is 0.357. The molecule has 2 aromatic carbocycles. The molecule has 0 bridgehead atoms. The van der Waals surface area contributed by atoms with E-state index < -0.39 is 17.9 Å². The molecule has 1 saturated heterocycles. The van der Waals surface area contributed by atoms with Crippen LogP contribution in [0.15, 0.2) is 42.5 Å². The Morgan fingerprint density at radius 1 is 1.15 bits per heavy atom. The number of amides is 3. The Hall–Kier alpha value is -3.96. The zero-order chi connectivity index (χ0) is 28.3. The number of nitrogen functional groups attached to an aromatic ring is 1. The van der Waals surface area contributed by atoms with Gasteiger partial charge in [0.15, 0.2) is 5.69 Å². The number of aryl methyl sites for hydroxylation is 2. The van der Waals surface area contributed by atoms with E-state index in [2.05, 4.69) is 9.69 Å². The van der Waals surface area contributed by atoms with Gasteiger partial charge in [-0.05, 0) is 73.1 Å². The Balaban J connectivity index is 1.86. The maximum absolute atomic E-state index is 14.3. The van der Waals surface area contributed by atoms with Gasteiger partial charge in [-0.15, -0.1) is 0 Å². The van der Waals surface area contributed by atoms with Crippen LogP contribution in [-0.4, -0.2) is 55.4 Å². The molecule has 206 valence electrons. The molecule has 0 spiro atoms. The number of hydrogen-bond acceptors (Lipinski definition) is 8. The Kier molecular flexibility index (Phi) is 8.51. The third-order valence-electron chi connectivity index (χ3n) is 6.76. The van der Waals surface area contributed by atoms with Crippen LogP contribution in [0.1, 0.15) is 55.7 Å². The number of nitrogens with one attached hydrogen (secondary N) is 1. The van der Waals surface area contributed by atoms with Gasteiger partial charge in [0.05, 0.1) is 11.8 Å². The Labute approximate surface area is 232 Å². The smallest absolute Gasteiger partial charge is 0.273 e. The van der Waals surface area contributed by atoms with Gasteiger partial charge >= 0.3 is 0 Å². The van der Waals surface area contributed by atoms with Crippen molar-refractivity contribution in [2.45, 2.75) is 38.8 Å². The minimum atomic E-state index is -1.05. The molecule has 2 atom stereocenters. The highest BCUT2D eigenvalue weighted by molar-refractivity contribution is 7.09. The van der Waals surface area contributed by atoms with Gasteiger partial charge in [0.2, 0.25) is 5.91 Å². The molecular weight excluding hydrogens is 516 g/mol. The van der Waals surface area contributed by atoms with Crippen molar-refractivity contribution < 1.29 is 19.1 Å². The van der Waals surface area contributed by atoms with Crippen molar-refractivity contribution in [2.75, 3.05) is 42.8 Å². The Bertz CT molecular complexity index is 1360. The second-order valence-corrected chi connectivity index (χ2v) is 10.6. The van der Waals surface area contributed by atoms with E-state index >= 15 is 0 Å². The largest absolute Gasteiger partial charge is 0.395 e. The second-order valence-electron chi connectivity index (χ2n) is 9.87. The number of benzene rings is 2. The number of hydrogen-bond donors (Lipinski definition) is 3. The van der Waals surface area contributed by atoms with Gasteiger partial charge in [-0.1, -0.05) is 24.3 Å². The standard InChI is InChI=1S/C28H34N6O4S/c1-16-7-8-17(2)21(14-16)34(28(37)25-22(29)23(26(30)35)32-39-25)24(18-9-11-19(12-10-18)33(3)4)27(36)31-15-20-6-5-13-38-20/h7-12,14,20,24H,5-6,13,15,29H2,1-4H3,(H2,30,35)(H,31,36). The Morgan fingerprint density at radius 3 is 2.46 bits per heavy atom. The number of aromatic nitrogens is 1. The summed E-state index contributed by atoms with van der Waals surface area (Å²) in [7, 11) is 3.85. The number of nitrogens with two attached hydrogens (primary N) is 2. The van der Waals surface area contributed by atoms with Crippen molar-refractivity contribution in [3.8, 4) is 0 Å². The summed E-state index contributed by atoms with van der Waals surface area (Å²) < 4.78 is 9.72. The quantitative estimate of drug-likeness (QED) is 0.371. The summed E-state index contributed by atoms with van der Waals surface area (Å²) in [6, 6.07) is 12.1. The summed E-state index contributed by atoms with van der Waals surface area (Å²) in [4.78, 5) is 43.5. The van der Waals surface area contributed by atoms with Crippen LogP contribution >= 0.6 is 11.5 Å². The fourth-order valence-corrected chi connectivity index (χ4v) is 5.31. The lowest BCUT2D eigenvalue weighted by Crippen LogP contribution is -2.46. The van der Waals surface area contributed by atoms with Crippen LogP contribution in [0.3, 0.4) is 0 Å². The highest BCUT2D eigenvalue weighted by Gasteiger charge is 2.37. The van der Waals surface area contributed by atoms with Crippen molar-refractivity contribution in [3.05, 3.63) is 69.7 Å². The van der Waals surface area contributed by atoms with E-state index in [0.29, 0.717) is 24.4 Å². The molecule has 5 N–H and O–H groups in total. The highest BCUT2D eigenvalue weighted by Crippen LogP contribution is 2.36. The lowest BCUT2D eigenvalue weighted by Gasteiger charge is -2.33. The number of anilines is 3. The van der Waals surface area contributed by atoms with Crippen LogP contribution in [0.5, 0.6) is 0 Å². The summed E-state index contributed by atoms with van der Waals surface area (Å²) in [5.74, 6) is -1.75. The van der Waals surface area contributed by atoms with Gasteiger partial charge in [0.1, 0.15) is 10.9 Å². The first kappa shape index (κ1) is 28.1. The lowest BCUT2D eigenvalue weighted by molar-refractivity contribution is -0.123. The van der Waals surface area contributed by atoms with Crippen molar-refractivity contribution in [2.24, 2.45) is 5.73 Å². The molecule has 0 saturated carbocycles. The molecule has 2 unspecified atom stereocenters. The van der Waals surface area contributed by atoms with Crippen LogP contribution < -0.4 is 26.6 Å². The number of nitrogens with zero attached hydrogens (tertiary/aromatic N) is 3. The number of carbonyl (C=O) groups excluding carboxylic acids is 3. The molecule has 11 heteroatoms. The monoisotopic (exact) mass is 550 g/mol. The summed E-state index contributed by atoms with van der Waals surface area (Å²) in [6.07, 6.45) is 1.72. The summed E-state index contributed by atoms with van der Waals surface area (Å²) >= 11 is 0.785. The first-order valence-electron chi connectivity index (χ1n) is 12.7. The van der Waals surface area contributed by atoms with Gasteiger partial charge in [-0.3, -0.25) is 19.3 Å². The third kappa shape index (κ3) is 6.04. The first-order valence-corrected chi connectivity index (χ1v) is 13.5. The lowest BCUT2D eigenvalue weighted by atomic mass is 10.00. The summed E-state index contributed by atoms with van der Waals surface area (Å²) in [5.41, 5.74) is 15.1. The van der Waals surface area contributed by atoms with Gasteiger partial charge in [-0.2, -0.15) is 4.37 Å². The third-order valence-corrected chi connectivity index (χ3v) is 7.61. The van der Waals surface area contributed by atoms with E-state index in [1.165, 1.54) is 4.90 Å². The van der Waals surface area contributed by atoms with Crippen LogP contribution in [-0.2, 0) is 9.53 Å². The van der Waals surface area contributed by atoms with Crippen LogP contribution in [0.2, 0.25) is 0 Å². The molecule has 1 aromatic heterocycles. The summed E-state index contributed by atoms with van der Waals surface area (Å²) in [5, 5.41) is 3.00. The predicted molar refractivity (Wildman–Crippen MR) is 153 cm³/mol. The molecule has 3 aromatic rings. The van der Waals surface area contributed by atoms with Gasteiger partial charge in [0, 0.05) is 38.6 Å². The number of carbonyl (C=O) groups is 3. The molecule has 10 nitrogen and oxygen atoms in total. The van der Waals surface area contributed by atoms with Crippen molar-refractivity contribution in [1.82, 2.24) is 9.69 Å². The second kappa shape index (κ2) is 11.8. The zero-order valence-electron chi connectivity index (χ0n) is 22.6. The average Bonchev–Trinajstić information content (AvgIpc) is 3.57. The highest BCUT2D eigenvalue weighted by atomic mass is 32.1.